The maximum absolute atomic E-state index is 12.1. The number of carbonyl (C=O) groups is 2. The van der Waals surface area contributed by atoms with Crippen molar-refractivity contribution in [3.63, 3.8) is 0 Å². The van der Waals surface area contributed by atoms with Gasteiger partial charge in [-0.05, 0) is 11.4 Å². The number of hydrogen-bond donors (Lipinski definition) is 1. The molecule has 0 unspecified atom stereocenters. The molecule has 1 aromatic rings. The first-order valence-electron chi connectivity index (χ1n) is 5.63. The van der Waals surface area contributed by atoms with E-state index in [1.807, 2.05) is 0 Å². The molecule has 9 heteroatoms. The molecular weight excluding hydrogens is 290 g/mol. The minimum atomic E-state index is -3.47. The lowest BCUT2D eigenvalue weighted by molar-refractivity contribution is -0.128. The van der Waals surface area contributed by atoms with Crippen LogP contribution in [0.4, 0.5) is 4.79 Å². The zero-order valence-electron chi connectivity index (χ0n) is 9.77. The maximum Gasteiger partial charge on any atom is 0.324 e. The Morgan fingerprint density at radius 2 is 2.05 bits per heavy atom. The van der Waals surface area contributed by atoms with E-state index in [0.717, 1.165) is 16.2 Å². The molecule has 1 aromatic heterocycles. The molecule has 3 heterocycles. The highest BCUT2D eigenvalue weighted by Gasteiger charge is 2.45. The Bertz CT molecular complexity index is 603. The smallest absolute Gasteiger partial charge is 0.324 e. The largest absolute Gasteiger partial charge is 0.329 e. The Hall–Kier alpha value is -1.45. The van der Waals surface area contributed by atoms with E-state index >= 15 is 0 Å². The summed E-state index contributed by atoms with van der Waals surface area (Å²) >= 11 is 1.15. The van der Waals surface area contributed by atoms with Crippen LogP contribution in [0, 0.1) is 0 Å². The standard InChI is InChI=1S/C10H11N3O4S2/c14-8-4-11-10(15)13(8)7-5-12(6-7)19(16,17)9-2-1-3-18-9/h1-3,7H,4-6H2,(H,11,15). The van der Waals surface area contributed by atoms with Gasteiger partial charge in [0.25, 0.3) is 10.0 Å². The zero-order chi connectivity index (χ0) is 13.6. The first-order valence-corrected chi connectivity index (χ1v) is 7.95. The van der Waals surface area contributed by atoms with E-state index in [0.29, 0.717) is 0 Å². The van der Waals surface area contributed by atoms with Gasteiger partial charge in [0.15, 0.2) is 0 Å². The summed E-state index contributed by atoms with van der Waals surface area (Å²) in [6.45, 7) is 0.325. The SMILES string of the molecule is O=C1CNC(=O)N1C1CN(S(=O)(=O)c2cccs2)C1. The number of nitrogens with zero attached hydrogens (tertiary/aromatic N) is 2. The van der Waals surface area contributed by atoms with Gasteiger partial charge in [0.05, 0.1) is 12.6 Å². The highest BCUT2D eigenvalue weighted by molar-refractivity contribution is 7.91. The first kappa shape index (κ1) is 12.6. The minimum absolute atomic E-state index is 0.00694. The van der Waals surface area contributed by atoms with Gasteiger partial charge in [-0.25, -0.2) is 13.2 Å². The quantitative estimate of drug-likeness (QED) is 0.775. The van der Waals surface area contributed by atoms with Gasteiger partial charge >= 0.3 is 6.03 Å². The van der Waals surface area contributed by atoms with Crippen molar-refractivity contribution >= 4 is 33.3 Å². The average molecular weight is 301 g/mol. The molecule has 0 atom stereocenters. The predicted molar refractivity (Wildman–Crippen MR) is 67.1 cm³/mol. The van der Waals surface area contributed by atoms with Gasteiger partial charge < -0.3 is 5.32 Å². The number of imide groups is 1. The Morgan fingerprint density at radius 1 is 1.32 bits per heavy atom. The molecule has 3 amide bonds. The molecule has 102 valence electrons. The van der Waals surface area contributed by atoms with E-state index in [9.17, 15) is 18.0 Å². The summed E-state index contributed by atoms with van der Waals surface area (Å²) in [4.78, 5) is 24.0. The Labute approximate surface area is 113 Å². The van der Waals surface area contributed by atoms with Gasteiger partial charge in [-0.1, -0.05) is 6.07 Å². The number of rotatable bonds is 3. The van der Waals surface area contributed by atoms with Crippen molar-refractivity contribution in [3.05, 3.63) is 17.5 Å². The Balaban J connectivity index is 1.71. The highest BCUT2D eigenvalue weighted by Crippen LogP contribution is 2.27. The van der Waals surface area contributed by atoms with Crippen molar-refractivity contribution in [1.82, 2.24) is 14.5 Å². The fourth-order valence-electron chi connectivity index (χ4n) is 2.12. The van der Waals surface area contributed by atoms with Gasteiger partial charge in [-0.15, -0.1) is 11.3 Å². The van der Waals surface area contributed by atoms with Crippen LogP contribution in [-0.2, 0) is 14.8 Å². The molecule has 0 aliphatic carbocycles. The fraction of sp³-hybridized carbons (Fsp3) is 0.400. The summed E-state index contributed by atoms with van der Waals surface area (Å²) in [6.07, 6.45) is 0. The van der Waals surface area contributed by atoms with Crippen molar-refractivity contribution in [3.8, 4) is 0 Å². The summed E-state index contributed by atoms with van der Waals surface area (Å²) in [5.74, 6) is -0.303. The van der Waals surface area contributed by atoms with Crippen molar-refractivity contribution in [2.75, 3.05) is 19.6 Å². The van der Waals surface area contributed by atoms with E-state index in [-0.39, 0.29) is 35.8 Å². The number of carbonyl (C=O) groups excluding carboxylic acids is 2. The van der Waals surface area contributed by atoms with Crippen LogP contribution >= 0.6 is 11.3 Å². The lowest BCUT2D eigenvalue weighted by Gasteiger charge is -2.41. The van der Waals surface area contributed by atoms with Gasteiger partial charge in [-0.3, -0.25) is 9.69 Å². The molecule has 2 aliphatic heterocycles. The van der Waals surface area contributed by atoms with Crippen molar-refractivity contribution < 1.29 is 18.0 Å². The number of amides is 3. The van der Waals surface area contributed by atoms with Crippen LogP contribution in [0.3, 0.4) is 0 Å². The molecule has 2 aliphatic rings. The third kappa shape index (κ3) is 1.94. The van der Waals surface area contributed by atoms with E-state index in [1.54, 1.807) is 17.5 Å². The van der Waals surface area contributed by atoms with E-state index in [2.05, 4.69) is 5.32 Å². The Kier molecular flexibility index (Phi) is 2.84. The van der Waals surface area contributed by atoms with Crippen LogP contribution in [0.25, 0.3) is 0 Å². The van der Waals surface area contributed by atoms with Crippen molar-refractivity contribution in [2.24, 2.45) is 0 Å². The lowest BCUT2D eigenvalue weighted by atomic mass is 10.1. The van der Waals surface area contributed by atoms with Crippen molar-refractivity contribution in [2.45, 2.75) is 10.3 Å². The van der Waals surface area contributed by atoms with Gasteiger partial charge in [0.1, 0.15) is 4.21 Å². The van der Waals surface area contributed by atoms with Crippen LogP contribution in [0.2, 0.25) is 0 Å². The summed E-state index contributed by atoms with van der Waals surface area (Å²) in [5.41, 5.74) is 0. The van der Waals surface area contributed by atoms with Crippen LogP contribution < -0.4 is 5.32 Å². The molecule has 0 saturated carbocycles. The number of hydrogen-bond acceptors (Lipinski definition) is 5. The molecule has 0 bridgehead atoms. The molecule has 0 spiro atoms. The summed E-state index contributed by atoms with van der Waals surface area (Å²) in [6, 6.07) is 2.42. The van der Waals surface area contributed by atoms with E-state index in [1.165, 1.54) is 4.31 Å². The monoisotopic (exact) mass is 301 g/mol. The predicted octanol–water partition coefficient (Wildman–Crippen LogP) is -0.327. The first-order chi connectivity index (χ1) is 9.00. The van der Waals surface area contributed by atoms with Crippen LogP contribution in [0.5, 0.6) is 0 Å². The average Bonchev–Trinajstić information content (AvgIpc) is 2.91. The molecule has 0 aromatic carbocycles. The highest BCUT2D eigenvalue weighted by atomic mass is 32.2. The molecule has 0 radical (unpaired) electrons. The summed E-state index contributed by atoms with van der Waals surface area (Å²) in [5, 5.41) is 4.12. The van der Waals surface area contributed by atoms with Gasteiger partial charge in [0, 0.05) is 13.1 Å². The normalized spacial score (nSPS) is 21.6. The third-order valence-electron chi connectivity index (χ3n) is 3.16. The lowest BCUT2D eigenvalue weighted by Crippen LogP contribution is -2.62. The second-order valence-electron chi connectivity index (χ2n) is 4.33. The molecule has 19 heavy (non-hydrogen) atoms. The van der Waals surface area contributed by atoms with Crippen molar-refractivity contribution in [1.29, 1.82) is 0 Å². The number of urea groups is 1. The van der Waals surface area contributed by atoms with E-state index in [4.69, 9.17) is 0 Å². The molecule has 2 fully saturated rings. The minimum Gasteiger partial charge on any atom is -0.329 e. The van der Waals surface area contributed by atoms with Gasteiger partial charge in [0.2, 0.25) is 5.91 Å². The second-order valence-corrected chi connectivity index (χ2v) is 7.44. The number of sulfonamides is 1. The molecule has 2 saturated heterocycles. The molecule has 1 N–H and O–H groups in total. The molecule has 3 rings (SSSR count). The fourth-order valence-corrected chi connectivity index (χ4v) is 4.78. The molecular formula is C10H11N3O4S2. The third-order valence-corrected chi connectivity index (χ3v) is 6.37. The number of nitrogens with one attached hydrogen (secondary N) is 1. The van der Waals surface area contributed by atoms with Crippen LogP contribution in [0.15, 0.2) is 21.7 Å². The Morgan fingerprint density at radius 3 is 2.58 bits per heavy atom. The summed E-state index contributed by atoms with van der Waals surface area (Å²) < 4.78 is 25.8. The van der Waals surface area contributed by atoms with Gasteiger partial charge in [-0.2, -0.15) is 4.31 Å². The number of thiophene rings is 1. The topological polar surface area (TPSA) is 86.8 Å². The maximum atomic E-state index is 12.1. The molecule has 7 nitrogen and oxygen atoms in total. The van der Waals surface area contributed by atoms with E-state index < -0.39 is 16.1 Å². The second kappa shape index (κ2) is 4.29. The van der Waals surface area contributed by atoms with Crippen LogP contribution in [-0.4, -0.2) is 55.2 Å². The summed E-state index contributed by atoms with van der Waals surface area (Å²) in [7, 11) is -3.47. The zero-order valence-corrected chi connectivity index (χ0v) is 11.4. The van der Waals surface area contributed by atoms with Crippen LogP contribution in [0.1, 0.15) is 0 Å².